The van der Waals surface area contributed by atoms with Crippen molar-refractivity contribution in [1.82, 2.24) is 4.98 Å². The molecule has 0 aromatic carbocycles. The van der Waals surface area contributed by atoms with Crippen molar-refractivity contribution in [2.24, 2.45) is 5.73 Å². The number of carbonyl (C=O) groups is 1. The van der Waals surface area contributed by atoms with Crippen LogP contribution in [-0.4, -0.2) is 17.0 Å². The molecule has 0 saturated carbocycles. The fourth-order valence-corrected chi connectivity index (χ4v) is 0.617. The van der Waals surface area contributed by atoms with Crippen LogP contribution in [0.4, 0.5) is 0 Å². The van der Waals surface area contributed by atoms with Gasteiger partial charge in [-0.25, -0.2) is 4.79 Å². The van der Waals surface area contributed by atoms with Crippen molar-refractivity contribution in [3.8, 4) is 5.75 Å². The van der Waals surface area contributed by atoms with Gasteiger partial charge in [0, 0.05) is 6.20 Å². The molecule has 2 N–H and O–H groups in total. The molecule has 0 fully saturated rings. The molecule has 0 spiro atoms. The van der Waals surface area contributed by atoms with Crippen LogP contribution >= 0.6 is 0 Å². The highest BCUT2D eigenvalue weighted by Gasteiger charge is 2.09. The zero-order valence-electron chi connectivity index (χ0n) is 6.73. The molecule has 0 aliphatic carbocycles. The van der Waals surface area contributed by atoms with Gasteiger partial charge in [0.25, 0.3) is 0 Å². The Labute approximate surface area is 70.4 Å². The van der Waals surface area contributed by atoms with E-state index in [9.17, 15) is 4.79 Å². The van der Waals surface area contributed by atoms with Crippen LogP contribution in [-0.2, 0) is 4.79 Å². The van der Waals surface area contributed by atoms with Crippen LogP contribution in [0.25, 0.3) is 0 Å². The van der Waals surface area contributed by atoms with Crippen molar-refractivity contribution >= 4 is 5.97 Å². The molecule has 4 nitrogen and oxygen atoms in total. The van der Waals surface area contributed by atoms with Gasteiger partial charge in [-0.3, -0.25) is 4.98 Å². The van der Waals surface area contributed by atoms with Crippen LogP contribution in [0, 0.1) is 0 Å². The van der Waals surface area contributed by atoms with Gasteiger partial charge in [0.2, 0.25) is 0 Å². The Morgan fingerprint density at radius 1 is 1.75 bits per heavy atom. The van der Waals surface area contributed by atoms with E-state index >= 15 is 0 Å². The zero-order valence-corrected chi connectivity index (χ0v) is 6.73. The lowest BCUT2D eigenvalue weighted by Gasteiger charge is -2.04. The smallest absolute Gasteiger partial charge is 0.328 e. The molecule has 12 heavy (non-hydrogen) atoms. The highest BCUT2D eigenvalue weighted by Crippen LogP contribution is 2.06. The molecule has 1 heterocycles. The summed E-state index contributed by atoms with van der Waals surface area (Å²) in [6.45, 7) is 1.57. The number of nitrogens with two attached hydrogens (primary N) is 1. The summed E-state index contributed by atoms with van der Waals surface area (Å²) in [5.41, 5.74) is 5.29. The Morgan fingerprint density at radius 3 is 3.00 bits per heavy atom. The molecule has 0 aliphatic rings. The van der Waals surface area contributed by atoms with Gasteiger partial charge in [0.1, 0.15) is 11.8 Å². The second kappa shape index (κ2) is 3.82. The predicted molar refractivity (Wildman–Crippen MR) is 43.5 cm³/mol. The van der Waals surface area contributed by atoms with Gasteiger partial charge in [0.15, 0.2) is 0 Å². The van der Waals surface area contributed by atoms with Crippen molar-refractivity contribution in [3.63, 3.8) is 0 Å². The number of esters is 1. The molecule has 1 aromatic rings. The first-order chi connectivity index (χ1) is 5.70. The van der Waals surface area contributed by atoms with E-state index in [-0.39, 0.29) is 0 Å². The monoisotopic (exact) mass is 166 g/mol. The lowest BCUT2D eigenvalue weighted by Crippen LogP contribution is -2.30. The number of hydrogen-bond acceptors (Lipinski definition) is 4. The largest absolute Gasteiger partial charge is 0.424 e. The average Bonchev–Trinajstić information content (AvgIpc) is 2.06. The molecule has 0 radical (unpaired) electrons. The molecular weight excluding hydrogens is 156 g/mol. The van der Waals surface area contributed by atoms with E-state index < -0.39 is 12.0 Å². The van der Waals surface area contributed by atoms with Crippen LogP contribution in [0.3, 0.4) is 0 Å². The minimum atomic E-state index is -0.606. The topological polar surface area (TPSA) is 65.2 Å². The molecule has 1 rings (SSSR count). The highest BCUT2D eigenvalue weighted by atomic mass is 16.5. The molecule has 0 amide bonds. The molecule has 0 bridgehead atoms. The Bertz CT molecular complexity index is 259. The fraction of sp³-hybridized carbons (Fsp3) is 0.250. The standard InChI is InChI=1S/C8H10N2O2/c1-6(9)8(11)12-7-3-2-4-10-5-7/h2-6H,9H2,1H3. The molecule has 0 aliphatic heterocycles. The summed E-state index contributed by atoms with van der Waals surface area (Å²) in [7, 11) is 0. The predicted octanol–water partition coefficient (Wildman–Crippen LogP) is 0.334. The maximum absolute atomic E-state index is 10.9. The first-order valence-electron chi connectivity index (χ1n) is 3.57. The molecular formula is C8H10N2O2. The van der Waals surface area contributed by atoms with Gasteiger partial charge < -0.3 is 10.5 Å². The van der Waals surface area contributed by atoms with Gasteiger partial charge in [-0.05, 0) is 19.1 Å². The minimum absolute atomic E-state index is 0.416. The number of ether oxygens (including phenoxy) is 1. The Hall–Kier alpha value is -1.42. The van der Waals surface area contributed by atoms with E-state index in [4.69, 9.17) is 10.5 Å². The first-order valence-corrected chi connectivity index (χ1v) is 3.57. The third-order valence-corrected chi connectivity index (χ3v) is 1.22. The average molecular weight is 166 g/mol. The maximum atomic E-state index is 10.9. The van der Waals surface area contributed by atoms with Crippen LogP contribution in [0.2, 0.25) is 0 Å². The normalized spacial score (nSPS) is 12.2. The maximum Gasteiger partial charge on any atom is 0.328 e. The van der Waals surface area contributed by atoms with Gasteiger partial charge in [-0.1, -0.05) is 0 Å². The summed E-state index contributed by atoms with van der Waals surface area (Å²) >= 11 is 0. The number of carbonyl (C=O) groups excluding carboxylic acids is 1. The SMILES string of the molecule is CC(N)C(=O)Oc1cccnc1. The minimum Gasteiger partial charge on any atom is -0.424 e. The highest BCUT2D eigenvalue weighted by molar-refractivity contribution is 5.77. The molecule has 1 atom stereocenters. The van der Waals surface area contributed by atoms with Crippen molar-refractivity contribution in [2.45, 2.75) is 13.0 Å². The number of hydrogen-bond donors (Lipinski definition) is 1. The van der Waals surface area contributed by atoms with Crippen LogP contribution in [0.1, 0.15) is 6.92 Å². The van der Waals surface area contributed by atoms with E-state index in [0.717, 1.165) is 0 Å². The zero-order chi connectivity index (χ0) is 8.97. The molecule has 0 saturated heterocycles. The summed E-state index contributed by atoms with van der Waals surface area (Å²) in [5.74, 6) is -0.0391. The second-order valence-electron chi connectivity index (χ2n) is 2.40. The fourth-order valence-electron chi connectivity index (χ4n) is 0.617. The number of rotatable bonds is 2. The van der Waals surface area contributed by atoms with Crippen molar-refractivity contribution in [2.75, 3.05) is 0 Å². The van der Waals surface area contributed by atoms with Crippen LogP contribution in [0.15, 0.2) is 24.5 Å². The summed E-state index contributed by atoms with van der Waals surface area (Å²) in [6, 6.07) is 2.72. The Balaban J connectivity index is 2.59. The van der Waals surface area contributed by atoms with Gasteiger partial charge >= 0.3 is 5.97 Å². The second-order valence-corrected chi connectivity index (χ2v) is 2.40. The first kappa shape index (κ1) is 8.67. The Morgan fingerprint density at radius 2 is 2.50 bits per heavy atom. The third kappa shape index (κ3) is 2.32. The quantitative estimate of drug-likeness (QED) is 0.643. The molecule has 1 unspecified atom stereocenters. The van der Waals surface area contributed by atoms with Crippen molar-refractivity contribution in [3.05, 3.63) is 24.5 Å². The van der Waals surface area contributed by atoms with E-state index in [2.05, 4.69) is 4.98 Å². The molecule has 1 aromatic heterocycles. The van der Waals surface area contributed by atoms with Gasteiger partial charge in [-0.2, -0.15) is 0 Å². The Kier molecular flexibility index (Phi) is 2.76. The molecule has 4 heteroatoms. The third-order valence-electron chi connectivity index (χ3n) is 1.22. The summed E-state index contributed by atoms with van der Waals surface area (Å²) in [5, 5.41) is 0. The van der Waals surface area contributed by atoms with Gasteiger partial charge in [-0.15, -0.1) is 0 Å². The summed E-state index contributed by atoms with van der Waals surface area (Å²) in [4.78, 5) is 14.7. The van der Waals surface area contributed by atoms with E-state index in [1.165, 1.54) is 6.20 Å². The van der Waals surface area contributed by atoms with E-state index in [1.807, 2.05) is 0 Å². The van der Waals surface area contributed by atoms with E-state index in [0.29, 0.717) is 5.75 Å². The van der Waals surface area contributed by atoms with Crippen molar-refractivity contribution < 1.29 is 9.53 Å². The van der Waals surface area contributed by atoms with Crippen molar-refractivity contribution in [1.29, 1.82) is 0 Å². The van der Waals surface area contributed by atoms with Crippen LogP contribution < -0.4 is 10.5 Å². The lowest BCUT2D eigenvalue weighted by molar-refractivity contribution is -0.135. The summed E-state index contributed by atoms with van der Waals surface area (Å²) < 4.78 is 4.85. The number of pyridine rings is 1. The lowest BCUT2D eigenvalue weighted by atomic mass is 10.4. The molecule has 64 valence electrons. The van der Waals surface area contributed by atoms with Crippen LogP contribution in [0.5, 0.6) is 5.75 Å². The summed E-state index contributed by atoms with van der Waals surface area (Å²) in [6.07, 6.45) is 3.06. The van der Waals surface area contributed by atoms with E-state index in [1.54, 1.807) is 25.3 Å². The number of aromatic nitrogens is 1. The van der Waals surface area contributed by atoms with Gasteiger partial charge in [0.05, 0.1) is 6.20 Å². The number of nitrogens with zero attached hydrogens (tertiary/aromatic N) is 1.